The molecule has 0 spiro atoms. The van der Waals surface area contributed by atoms with Crippen molar-refractivity contribution < 1.29 is 17.9 Å². The summed E-state index contributed by atoms with van der Waals surface area (Å²) in [4.78, 5) is 14.9. The monoisotopic (exact) mass is 282 g/mol. The third-order valence-electron chi connectivity index (χ3n) is 2.21. The number of carbonyl (C=O) groups is 1. The number of sulfonamides is 1. The molecule has 8 nitrogen and oxygen atoms in total. The molecule has 0 aliphatic rings. The molecule has 1 heterocycles. The standard InChI is InChI=1S/C10H10N4O4S/c1-18-9(15)7-3-2-4-8(5-7)19(16,17)14-10-11-6-12-13-10/h2-6H,1H3,(H2,11,12,13,14). The van der Waals surface area contributed by atoms with Gasteiger partial charge in [-0.15, -0.1) is 0 Å². The zero-order valence-electron chi connectivity index (χ0n) is 9.82. The van der Waals surface area contributed by atoms with Crippen molar-refractivity contribution in [1.82, 2.24) is 15.2 Å². The molecule has 0 saturated carbocycles. The topological polar surface area (TPSA) is 114 Å². The van der Waals surface area contributed by atoms with E-state index in [2.05, 4.69) is 24.6 Å². The number of aromatic nitrogens is 3. The number of hydrogen-bond acceptors (Lipinski definition) is 6. The number of ether oxygens (including phenoxy) is 1. The Kier molecular flexibility index (Phi) is 3.47. The molecule has 2 aromatic rings. The van der Waals surface area contributed by atoms with Crippen LogP contribution >= 0.6 is 0 Å². The molecule has 0 unspecified atom stereocenters. The predicted octanol–water partition coefficient (Wildman–Crippen LogP) is 0.392. The molecule has 19 heavy (non-hydrogen) atoms. The molecular weight excluding hydrogens is 272 g/mol. The summed E-state index contributed by atoms with van der Waals surface area (Å²) in [6.07, 6.45) is 1.17. The lowest BCUT2D eigenvalue weighted by molar-refractivity contribution is 0.0600. The van der Waals surface area contributed by atoms with Crippen LogP contribution < -0.4 is 4.72 Å². The molecule has 2 N–H and O–H groups in total. The molecule has 0 bridgehead atoms. The van der Waals surface area contributed by atoms with Crippen LogP contribution in [0.3, 0.4) is 0 Å². The number of methoxy groups -OCH3 is 1. The third kappa shape index (κ3) is 2.88. The van der Waals surface area contributed by atoms with Crippen molar-refractivity contribution in [2.24, 2.45) is 0 Å². The molecule has 0 amide bonds. The van der Waals surface area contributed by atoms with Crippen LogP contribution in [0, 0.1) is 0 Å². The maximum absolute atomic E-state index is 12.0. The Morgan fingerprint density at radius 1 is 1.42 bits per heavy atom. The van der Waals surface area contributed by atoms with E-state index in [-0.39, 0.29) is 16.4 Å². The van der Waals surface area contributed by atoms with Crippen molar-refractivity contribution in [2.75, 3.05) is 11.8 Å². The van der Waals surface area contributed by atoms with E-state index in [9.17, 15) is 13.2 Å². The fourth-order valence-electron chi connectivity index (χ4n) is 1.35. The van der Waals surface area contributed by atoms with Crippen LogP contribution in [0.5, 0.6) is 0 Å². The van der Waals surface area contributed by atoms with Gasteiger partial charge in [0.05, 0.1) is 17.6 Å². The zero-order valence-corrected chi connectivity index (χ0v) is 10.6. The lowest BCUT2D eigenvalue weighted by atomic mass is 10.2. The van der Waals surface area contributed by atoms with E-state index < -0.39 is 16.0 Å². The summed E-state index contributed by atoms with van der Waals surface area (Å²) in [6, 6.07) is 5.47. The van der Waals surface area contributed by atoms with Crippen molar-refractivity contribution in [3.63, 3.8) is 0 Å². The molecule has 0 saturated heterocycles. The quantitative estimate of drug-likeness (QED) is 0.784. The van der Waals surface area contributed by atoms with Gasteiger partial charge in [0.25, 0.3) is 10.0 Å². The van der Waals surface area contributed by atoms with E-state index in [0.29, 0.717) is 0 Å². The minimum Gasteiger partial charge on any atom is -0.465 e. The number of rotatable bonds is 4. The summed E-state index contributed by atoms with van der Waals surface area (Å²) in [6.45, 7) is 0. The number of H-pyrrole nitrogens is 1. The van der Waals surface area contributed by atoms with Gasteiger partial charge in [-0.1, -0.05) is 6.07 Å². The van der Waals surface area contributed by atoms with Gasteiger partial charge in [0, 0.05) is 0 Å². The Morgan fingerprint density at radius 3 is 2.84 bits per heavy atom. The minimum atomic E-state index is -3.84. The smallest absolute Gasteiger partial charge is 0.337 e. The summed E-state index contributed by atoms with van der Waals surface area (Å²) < 4.78 is 30.7. The number of hydrogen-bond donors (Lipinski definition) is 2. The zero-order chi connectivity index (χ0) is 13.9. The van der Waals surface area contributed by atoms with Crippen LogP contribution in [-0.4, -0.2) is 36.7 Å². The fourth-order valence-corrected chi connectivity index (χ4v) is 2.36. The molecule has 0 atom stereocenters. The Morgan fingerprint density at radius 2 is 2.21 bits per heavy atom. The SMILES string of the molecule is COC(=O)c1cccc(S(=O)(=O)Nc2ncn[nH]2)c1. The highest BCUT2D eigenvalue weighted by atomic mass is 32.2. The van der Waals surface area contributed by atoms with Crippen molar-refractivity contribution >= 4 is 21.9 Å². The molecule has 2 rings (SSSR count). The van der Waals surface area contributed by atoms with Gasteiger partial charge in [0.15, 0.2) is 0 Å². The van der Waals surface area contributed by atoms with E-state index >= 15 is 0 Å². The van der Waals surface area contributed by atoms with Crippen molar-refractivity contribution in [1.29, 1.82) is 0 Å². The highest BCUT2D eigenvalue weighted by Crippen LogP contribution is 2.14. The minimum absolute atomic E-state index is 0.0107. The predicted molar refractivity (Wildman–Crippen MR) is 65.0 cm³/mol. The molecule has 0 fully saturated rings. The maximum Gasteiger partial charge on any atom is 0.337 e. The first-order chi connectivity index (χ1) is 9.03. The number of esters is 1. The number of nitrogens with one attached hydrogen (secondary N) is 2. The molecule has 1 aromatic carbocycles. The highest BCUT2D eigenvalue weighted by molar-refractivity contribution is 7.92. The fraction of sp³-hybridized carbons (Fsp3) is 0.100. The lowest BCUT2D eigenvalue weighted by Gasteiger charge is -2.06. The normalized spacial score (nSPS) is 11.0. The van der Waals surface area contributed by atoms with Crippen molar-refractivity contribution in [3.8, 4) is 0 Å². The first-order valence-electron chi connectivity index (χ1n) is 5.09. The van der Waals surface area contributed by atoms with Crippen molar-refractivity contribution in [3.05, 3.63) is 36.2 Å². The van der Waals surface area contributed by atoms with Crippen molar-refractivity contribution in [2.45, 2.75) is 4.90 Å². The molecule has 1 aromatic heterocycles. The highest BCUT2D eigenvalue weighted by Gasteiger charge is 2.17. The lowest BCUT2D eigenvalue weighted by Crippen LogP contribution is -2.15. The number of benzene rings is 1. The molecule has 100 valence electrons. The first-order valence-corrected chi connectivity index (χ1v) is 6.58. The Labute approximate surface area is 108 Å². The second kappa shape index (κ2) is 5.06. The summed E-state index contributed by atoms with van der Waals surface area (Å²) in [5, 5.41) is 5.89. The first kappa shape index (κ1) is 13.0. The van der Waals surface area contributed by atoms with Gasteiger partial charge in [0.2, 0.25) is 5.95 Å². The van der Waals surface area contributed by atoms with E-state index in [1.54, 1.807) is 0 Å². The Hall–Kier alpha value is -2.42. The van der Waals surface area contributed by atoms with Gasteiger partial charge >= 0.3 is 5.97 Å². The van der Waals surface area contributed by atoms with Crippen LogP contribution in [0.25, 0.3) is 0 Å². The average molecular weight is 282 g/mol. The third-order valence-corrected chi connectivity index (χ3v) is 3.55. The maximum atomic E-state index is 12.0. The van der Waals surface area contributed by atoms with Gasteiger partial charge in [-0.25, -0.2) is 23.0 Å². The van der Waals surface area contributed by atoms with Crippen LogP contribution in [0.1, 0.15) is 10.4 Å². The molecule has 0 aliphatic heterocycles. The molecule has 9 heteroatoms. The van der Waals surface area contributed by atoms with E-state index in [4.69, 9.17) is 0 Å². The van der Waals surface area contributed by atoms with E-state index in [1.165, 1.54) is 37.7 Å². The van der Waals surface area contributed by atoms with Crippen LogP contribution in [0.2, 0.25) is 0 Å². The second-order valence-electron chi connectivity index (χ2n) is 3.46. The summed E-state index contributed by atoms with van der Waals surface area (Å²) >= 11 is 0. The number of nitrogens with zero attached hydrogens (tertiary/aromatic N) is 2. The van der Waals surface area contributed by atoms with Gasteiger partial charge < -0.3 is 4.74 Å². The molecule has 0 aliphatic carbocycles. The average Bonchev–Trinajstić information content (AvgIpc) is 2.90. The Balaban J connectivity index is 2.33. The van der Waals surface area contributed by atoms with Gasteiger partial charge in [-0.2, -0.15) is 10.1 Å². The van der Waals surface area contributed by atoms with Crippen LogP contribution in [-0.2, 0) is 14.8 Å². The van der Waals surface area contributed by atoms with E-state index in [1.807, 2.05) is 0 Å². The number of anilines is 1. The van der Waals surface area contributed by atoms with E-state index in [0.717, 1.165) is 0 Å². The van der Waals surface area contributed by atoms with Gasteiger partial charge in [-0.05, 0) is 18.2 Å². The number of carbonyl (C=O) groups excluding carboxylic acids is 1. The largest absolute Gasteiger partial charge is 0.465 e. The summed E-state index contributed by atoms with van der Waals surface area (Å²) in [5.41, 5.74) is 0.142. The van der Waals surface area contributed by atoms with Crippen LogP contribution in [0.4, 0.5) is 5.95 Å². The van der Waals surface area contributed by atoms with Gasteiger partial charge in [0.1, 0.15) is 6.33 Å². The molecule has 0 radical (unpaired) electrons. The Bertz CT molecular complexity index is 681. The van der Waals surface area contributed by atoms with Crippen LogP contribution in [0.15, 0.2) is 35.5 Å². The summed E-state index contributed by atoms with van der Waals surface area (Å²) in [5.74, 6) is -0.625. The second-order valence-corrected chi connectivity index (χ2v) is 5.14. The number of aromatic amines is 1. The summed E-state index contributed by atoms with van der Waals surface area (Å²) in [7, 11) is -2.62. The molecular formula is C10H10N4O4S. The van der Waals surface area contributed by atoms with Gasteiger partial charge in [-0.3, -0.25) is 0 Å².